The normalized spacial score (nSPS) is 18.5. The zero-order valence-corrected chi connectivity index (χ0v) is 21.9. The van der Waals surface area contributed by atoms with Crippen LogP contribution < -0.4 is 9.94 Å². The summed E-state index contributed by atoms with van der Waals surface area (Å²) in [5.74, 6) is -1.10. The van der Waals surface area contributed by atoms with Crippen molar-refractivity contribution in [1.29, 1.82) is 0 Å². The third-order valence-electron chi connectivity index (χ3n) is 5.77. The third kappa shape index (κ3) is 5.51. The minimum absolute atomic E-state index is 0.0193. The third-order valence-corrected chi connectivity index (χ3v) is 7.50. The van der Waals surface area contributed by atoms with E-state index >= 15 is 0 Å². The van der Waals surface area contributed by atoms with Gasteiger partial charge in [-0.3, -0.25) is 28.5 Å². The van der Waals surface area contributed by atoms with E-state index < -0.39 is 19.5 Å². The zero-order chi connectivity index (χ0) is 26.9. The number of amides is 1. The summed E-state index contributed by atoms with van der Waals surface area (Å²) in [5, 5.41) is 13.1. The number of hydrogen-bond donors (Lipinski definition) is 2. The molecule has 1 atom stereocenters. The fourth-order valence-electron chi connectivity index (χ4n) is 3.83. The highest BCUT2D eigenvalue weighted by atomic mass is 32.1. The monoisotopic (exact) mass is 563 g/mol. The van der Waals surface area contributed by atoms with Gasteiger partial charge in [0.2, 0.25) is 0 Å². The second-order valence-electron chi connectivity index (χ2n) is 8.26. The average Bonchev–Trinajstić information content (AvgIpc) is 3.61. The first-order valence-electron chi connectivity index (χ1n) is 11.5. The van der Waals surface area contributed by atoms with Crippen molar-refractivity contribution in [3.8, 4) is 22.0 Å². The van der Waals surface area contributed by atoms with Crippen LogP contribution in [0.5, 0.6) is 0 Å². The fraction of sp³-hybridized carbons (Fsp3) is 0.318. The average molecular weight is 564 g/mol. The van der Waals surface area contributed by atoms with E-state index in [2.05, 4.69) is 30.0 Å². The van der Waals surface area contributed by atoms with E-state index in [4.69, 9.17) is 9.36 Å². The fourth-order valence-corrected chi connectivity index (χ4v) is 4.97. The number of ether oxygens (including phenoxy) is 1. The minimum Gasteiger partial charge on any atom is -0.378 e. The largest absolute Gasteiger partial charge is 0.547 e. The summed E-state index contributed by atoms with van der Waals surface area (Å²) in [6.45, 7) is 2.57. The van der Waals surface area contributed by atoms with Crippen LogP contribution in [0.4, 0.5) is 10.1 Å². The highest BCUT2D eigenvalue weighted by Gasteiger charge is 2.33. The maximum Gasteiger partial charge on any atom is 0.547 e. The number of halogens is 1. The summed E-state index contributed by atoms with van der Waals surface area (Å²) < 4.78 is 42.6. The Balaban J connectivity index is 1.36. The number of carbonyl (C=O) groups excluding carboxylic acids is 1. The van der Waals surface area contributed by atoms with Crippen molar-refractivity contribution in [2.45, 2.75) is 31.9 Å². The van der Waals surface area contributed by atoms with Crippen LogP contribution in [0.2, 0.25) is 0 Å². The molecule has 0 aliphatic heterocycles. The number of phosphoric acid groups is 1. The van der Waals surface area contributed by atoms with Crippen molar-refractivity contribution < 1.29 is 32.5 Å². The summed E-state index contributed by atoms with van der Waals surface area (Å²) >= 11 is 1.16. The maximum atomic E-state index is 14.6. The van der Waals surface area contributed by atoms with Crippen LogP contribution in [0.25, 0.3) is 22.0 Å². The SMILES string of the molecule is CCOC1CC(n2cc(NC(=O)c3csc(-c4cnn(OP(=O)(O)OC)c4)n3)c(-c3ncccc3F)n2)C1. The molecule has 1 saturated carbocycles. The van der Waals surface area contributed by atoms with Gasteiger partial charge < -0.3 is 10.1 Å². The van der Waals surface area contributed by atoms with E-state index in [1.165, 1.54) is 30.7 Å². The molecule has 1 fully saturated rings. The molecular weight excluding hydrogens is 540 g/mol. The molecule has 4 heterocycles. The van der Waals surface area contributed by atoms with Gasteiger partial charge >= 0.3 is 7.82 Å². The number of nitrogens with zero attached hydrogens (tertiary/aromatic N) is 6. The molecule has 1 amide bonds. The Bertz CT molecular complexity index is 1500. The molecule has 1 aliphatic carbocycles. The van der Waals surface area contributed by atoms with Gasteiger partial charge in [0.05, 0.1) is 35.8 Å². The molecule has 0 spiro atoms. The van der Waals surface area contributed by atoms with Gasteiger partial charge in [-0.2, -0.15) is 5.10 Å². The van der Waals surface area contributed by atoms with Crippen LogP contribution in [-0.4, -0.2) is 60.3 Å². The van der Waals surface area contributed by atoms with Crippen molar-refractivity contribution in [1.82, 2.24) is 29.7 Å². The van der Waals surface area contributed by atoms with Gasteiger partial charge in [0, 0.05) is 31.5 Å². The Kier molecular flexibility index (Phi) is 7.36. The second kappa shape index (κ2) is 10.7. The molecule has 200 valence electrons. The van der Waals surface area contributed by atoms with E-state index in [1.54, 1.807) is 16.3 Å². The Morgan fingerprint density at radius 2 is 2.16 bits per heavy atom. The van der Waals surface area contributed by atoms with Crippen molar-refractivity contribution >= 4 is 30.8 Å². The number of aromatic nitrogens is 6. The predicted molar refractivity (Wildman–Crippen MR) is 134 cm³/mol. The van der Waals surface area contributed by atoms with Gasteiger partial charge in [0.1, 0.15) is 22.1 Å². The molecule has 0 radical (unpaired) electrons. The standard InChI is InChI=1S/C22H23FN7O6PS/c1-3-35-15-7-14(8-15)29-11-17(20(28-29)19-16(23)5-4-6-24-19)26-21(31)18-12-38-22(27-18)13-9-25-30(10-13)36-37(32,33)34-2/h4-6,9-12,14-15H,3,7-8H2,1-2H3,(H,26,31)(H,32,33). The number of carbonyl (C=O) groups is 1. The lowest BCUT2D eigenvalue weighted by Crippen LogP contribution is -2.33. The van der Waals surface area contributed by atoms with Crippen molar-refractivity contribution in [3.63, 3.8) is 0 Å². The molecule has 38 heavy (non-hydrogen) atoms. The summed E-state index contributed by atoms with van der Waals surface area (Å²) in [6, 6.07) is 2.81. The molecule has 1 aliphatic rings. The van der Waals surface area contributed by atoms with Gasteiger partial charge in [-0.15, -0.1) is 16.4 Å². The number of pyridine rings is 1. The molecule has 0 aromatic carbocycles. The molecule has 1 unspecified atom stereocenters. The van der Waals surface area contributed by atoms with E-state index in [1.807, 2.05) is 6.92 Å². The number of phosphoric ester groups is 1. The molecule has 5 rings (SSSR count). The molecule has 4 aromatic heterocycles. The van der Waals surface area contributed by atoms with Gasteiger partial charge in [0.15, 0.2) is 5.82 Å². The van der Waals surface area contributed by atoms with E-state index in [0.29, 0.717) is 22.9 Å². The van der Waals surface area contributed by atoms with Crippen LogP contribution in [0.1, 0.15) is 36.3 Å². The Hall–Kier alpha value is -3.49. The van der Waals surface area contributed by atoms with Crippen LogP contribution in [0.3, 0.4) is 0 Å². The van der Waals surface area contributed by atoms with Gasteiger partial charge in [-0.05, 0) is 31.9 Å². The summed E-state index contributed by atoms with van der Waals surface area (Å²) in [5.41, 5.74) is 1.07. The molecule has 13 nitrogen and oxygen atoms in total. The van der Waals surface area contributed by atoms with Crippen molar-refractivity contribution in [2.75, 3.05) is 19.0 Å². The number of anilines is 1. The van der Waals surface area contributed by atoms with Crippen LogP contribution in [0, 0.1) is 5.82 Å². The van der Waals surface area contributed by atoms with Gasteiger partial charge in [-0.25, -0.2) is 13.9 Å². The van der Waals surface area contributed by atoms with Crippen LogP contribution in [-0.2, 0) is 13.8 Å². The summed E-state index contributed by atoms with van der Waals surface area (Å²) in [6.07, 6.45) is 7.46. The van der Waals surface area contributed by atoms with E-state index in [9.17, 15) is 18.6 Å². The lowest BCUT2D eigenvalue weighted by molar-refractivity contribution is -0.0226. The molecule has 16 heteroatoms. The number of rotatable bonds is 10. The first-order chi connectivity index (χ1) is 18.3. The lowest BCUT2D eigenvalue weighted by Gasteiger charge is -2.34. The van der Waals surface area contributed by atoms with Crippen molar-refractivity contribution in [2.24, 2.45) is 0 Å². The van der Waals surface area contributed by atoms with Crippen molar-refractivity contribution in [3.05, 3.63) is 53.8 Å². The first kappa shape index (κ1) is 26.1. The van der Waals surface area contributed by atoms with Crippen LogP contribution >= 0.6 is 19.2 Å². The maximum absolute atomic E-state index is 14.6. The zero-order valence-electron chi connectivity index (χ0n) is 20.2. The molecule has 0 bridgehead atoms. The number of hydrogen-bond acceptors (Lipinski definition) is 10. The molecule has 0 saturated heterocycles. The summed E-state index contributed by atoms with van der Waals surface area (Å²) in [7, 11) is -3.27. The smallest absolute Gasteiger partial charge is 0.378 e. The Morgan fingerprint density at radius 3 is 2.89 bits per heavy atom. The van der Waals surface area contributed by atoms with Gasteiger partial charge in [0.25, 0.3) is 5.91 Å². The lowest BCUT2D eigenvalue weighted by atomic mass is 9.89. The van der Waals surface area contributed by atoms with Crippen LogP contribution in [0.15, 0.2) is 42.3 Å². The minimum atomic E-state index is -4.29. The highest BCUT2D eigenvalue weighted by molar-refractivity contribution is 7.47. The highest BCUT2D eigenvalue weighted by Crippen LogP contribution is 2.39. The predicted octanol–water partition coefficient (Wildman–Crippen LogP) is 3.57. The number of nitrogens with one attached hydrogen (secondary N) is 1. The second-order valence-corrected chi connectivity index (χ2v) is 10.6. The van der Waals surface area contributed by atoms with E-state index in [-0.39, 0.29) is 29.2 Å². The topological polar surface area (TPSA) is 156 Å². The van der Waals surface area contributed by atoms with Gasteiger partial charge in [-0.1, -0.05) is 4.85 Å². The van der Waals surface area contributed by atoms with E-state index in [0.717, 1.165) is 36.1 Å². The number of thiazole rings is 1. The Labute approximate surface area is 219 Å². The molecular formula is C22H23FN7O6PS. The molecule has 4 aromatic rings. The first-order valence-corrected chi connectivity index (χ1v) is 13.9. The molecule has 2 N–H and O–H groups in total. The quantitative estimate of drug-likeness (QED) is 0.274. The summed E-state index contributed by atoms with van der Waals surface area (Å²) in [4.78, 5) is 31.7. The Morgan fingerprint density at radius 1 is 1.34 bits per heavy atom.